The van der Waals surface area contributed by atoms with Gasteiger partial charge in [-0.2, -0.15) is 13.2 Å². The first-order valence-electron chi connectivity index (χ1n) is 9.50. The van der Waals surface area contributed by atoms with E-state index in [0.29, 0.717) is 24.9 Å². The third-order valence-corrected chi connectivity index (χ3v) is 5.67. The maximum atomic E-state index is 13.4. The highest BCUT2D eigenvalue weighted by molar-refractivity contribution is 5.99. The van der Waals surface area contributed by atoms with Gasteiger partial charge in [-0.05, 0) is 59.4 Å². The average Bonchev–Trinajstić information content (AvgIpc) is 3.16. The number of hydrogen-bond acceptors (Lipinski definition) is 2. The summed E-state index contributed by atoms with van der Waals surface area (Å²) < 4.78 is 40.3. The van der Waals surface area contributed by atoms with Crippen molar-refractivity contribution in [2.24, 2.45) is 0 Å². The first kappa shape index (κ1) is 17.9. The molecular weight excluding hydrogens is 377 g/mol. The number of alkyl halides is 3. The number of halogens is 3. The van der Waals surface area contributed by atoms with Gasteiger partial charge in [0.2, 0.25) is 5.91 Å². The second-order valence-electron chi connectivity index (χ2n) is 7.44. The van der Waals surface area contributed by atoms with Crippen LogP contribution in [0.4, 0.5) is 18.9 Å². The summed E-state index contributed by atoms with van der Waals surface area (Å²) in [6, 6.07) is 11.4. The van der Waals surface area contributed by atoms with E-state index in [1.807, 2.05) is 17.0 Å². The zero-order valence-electron chi connectivity index (χ0n) is 15.5. The van der Waals surface area contributed by atoms with Crippen LogP contribution in [0.3, 0.4) is 0 Å². The van der Waals surface area contributed by atoms with Gasteiger partial charge >= 0.3 is 6.18 Å². The van der Waals surface area contributed by atoms with E-state index >= 15 is 0 Å². The maximum absolute atomic E-state index is 13.4. The Morgan fingerprint density at radius 1 is 0.862 bits per heavy atom. The van der Waals surface area contributed by atoms with Gasteiger partial charge in [-0.1, -0.05) is 18.2 Å². The quantitative estimate of drug-likeness (QED) is 0.593. The lowest BCUT2D eigenvalue weighted by Crippen LogP contribution is -2.32. The number of carbonyl (C=O) groups excluding carboxylic acids is 1. The van der Waals surface area contributed by atoms with Crippen LogP contribution in [0, 0.1) is 0 Å². The number of aromatic nitrogens is 1. The van der Waals surface area contributed by atoms with Crippen molar-refractivity contribution in [2.45, 2.75) is 25.4 Å². The van der Waals surface area contributed by atoms with E-state index in [0.717, 1.165) is 40.4 Å². The fourth-order valence-electron chi connectivity index (χ4n) is 4.35. The minimum Gasteiger partial charge on any atom is -0.312 e. The predicted molar refractivity (Wildman–Crippen MR) is 104 cm³/mol. The van der Waals surface area contributed by atoms with E-state index in [1.54, 1.807) is 18.3 Å². The van der Waals surface area contributed by atoms with Crippen molar-refractivity contribution in [3.8, 4) is 22.3 Å². The number of pyridine rings is 1. The lowest BCUT2D eigenvalue weighted by molar-refractivity contribution is -0.137. The first-order valence-corrected chi connectivity index (χ1v) is 9.50. The molecule has 0 atom stereocenters. The lowest BCUT2D eigenvalue weighted by Gasteiger charge is -2.26. The number of rotatable bonds is 2. The van der Waals surface area contributed by atoms with Gasteiger partial charge < -0.3 is 4.90 Å². The Balaban J connectivity index is 1.60. The van der Waals surface area contributed by atoms with E-state index in [-0.39, 0.29) is 11.5 Å². The van der Waals surface area contributed by atoms with Crippen molar-refractivity contribution in [2.75, 3.05) is 11.4 Å². The summed E-state index contributed by atoms with van der Waals surface area (Å²) in [4.78, 5) is 18.2. The van der Waals surface area contributed by atoms with Crippen LogP contribution in [0.1, 0.15) is 23.1 Å². The van der Waals surface area contributed by atoms with Crippen LogP contribution in [0.2, 0.25) is 0 Å². The Morgan fingerprint density at radius 3 is 2.38 bits per heavy atom. The van der Waals surface area contributed by atoms with Crippen molar-refractivity contribution in [1.82, 2.24) is 4.98 Å². The van der Waals surface area contributed by atoms with E-state index in [9.17, 15) is 18.0 Å². The van der Waals surface area contributed by atoms with Gasteiger partial charge in [-0.3, -0.25) is 9.78 Å². The van der Waals surface area contributed by atoms with Gasteiger partial charge in [0.05, 0.1) is 11.3 Å². The van der Waals surface area contributed by atoms with Gasteiger partial charge in [0, 0.05) is 36.5 Å². The molecule has 0 N–H and O–H groups in total. The van der Waals surface area contributed by atoms with Gasteiger partial charge in [-0.25, -0.2) is 0 Å². The molecule has 0 saturated heterocycles. The van der Waals surface area contributed by atoms with Crippen LogP contribution in [0.15, 0.2) is 54.9 Å². The molecule has 6 heteroatoms. The maximum Gasteiger partial charge on any atom is 0.417 e. The molecule has 29 heavy (non-hydrogen) atoms. The second-order valence-corrected chi connectivity index (χ2v) is 7.44. The average molecular weight is 394 g/mol. The number of amides is 1. The van der Waals surface area contributed by atoms with Crippen LogP contribution in [-0.2, 0) is 23.8 Å². The SMILES string of the molecule is O=C1CCc2cc(-c3cncc(-c4ccccc4C(F)(F)F)c3)cc3c2N1CC3. The van der Waals surface area contributed by atoms with Crippen LogP contribution < -0.4 is 4.90 Å². The third kappa shape index (κ3) is 2.99. The number of carbonyl (C=O) groups is 1. The van der Waals surface area contributed by atoms with Crippen LogP contribution in [-0.4, -0.2) is 17.4 Å². The van der Waals surface area contributed by atoms with Gasteiger partial charge in [0.25, 0.3) is 0 Å². The lowest BCUT2D eigenvalue weighted by atomic mass is 9.93. The Morgan fingerprint density at radius 2 is 1.59 bits per heavy atom. The topological polar surface area (TPSA) is 33.2 Å². The summed E-state index contributed by atoms with van der Waals surface area (Å²) in [5.41, 5.74) is 4.84. The number of aryl methyl sites for hydroxylation is 1. The van der Waals surface area contributed by atoms with Crippen LogP contribution in [0.25, 0.3) is 22.3 Å². The Bertz CT molecular complexity index is 1140. The standard InChI is InChI=1S/C23H17F3N2O/c24-23(25,26)20-4-2-1-3-19(20)18-11-17(12-27-13-18)16-9-14-5-6-21(29)28-8-7-15(10-16)22(14)28/h1-4,9-13H,5-8H2. The highest BCUT2D eigenvalue weighted by Crippen LogP contribution is 2.41. The summed E-state index contributed by atoms with van der Waals surface area (Å²) in [7, 11) is 0. The molecule has 3 nitrogen and oxygen atoms in total. The molecule has 0 bridgehead atoms. The highest BCUT2D eigenvalue weighted by Gasteiger charge is 2.34. The fourth-order valence-corrected chi connectivity index (χ4v) is 4.35. The van der Waals surface area contributed by atoms with E-state index in [1.165, 1.54) is 18.3 Å². The monoisotopic (exact) mass is 394 g/mol. The molecule has 0 radical (unpaired) electrons. The van der Waals surface area contributed by atoms with E-state index in [4.69, 9.17) is 0 Å². The molecular formula is C23H17F3N2O. The summed E-state index contributed by atoms with van der Waals surface area (Å²) in [6.07, 6.45) is 0.690. The molecule has 0 unspecified atom stereocenters. The van der Waals surface area contributed by atoms with E-state index < -0.39 is 11.7 Å². The second kappa shape index (κ2) is 6.44. The molecule has 0 fully saturated rings. The largest absolute Gasteiger partial charge is 0.417 e. The predicted octanol–water partition coefficient (Wildman–Crippen LogP) is 5.27. The molecule has 146 valence electrons. The molecule has 3 heterocycles. The number of hydrogen-bond donors (Lipinski definition) is 0. The third-order valence-electron chi connectivity index (χ3n) is 5.67. The summed E-state index contributed by atoms with van der Waals surface area (Å²) in [5, 5.41) is 0. The van der Waals surface area contributed by atoms with Gasteiger partial charge in [-0.15, -0.1) is 0 Å². The molecule has 5 rings (SSSR count). The summed E-state index contributed by atoms with van der Waals surface area (Å²) in [5.74, 6) is 0.163. The highest BCUT2D eigenvalue weighted by atomic mass is 19.4. The zero-order valence-corrected chi connectivity index (χ0v) is 15.5. The molecule has 0 saturated carbocycles. The van der Waals surface area contributed by atoms with Gasteiger partial charge in [0.15, 0.2) is 0 Å². The number of benzene rings is 2. The Kier molecular flexibility index (Phi) is 3.98. The molecule has 1 aromatic heterocycles. The van der Waals surface area contributed by atoms with Crippen molar-refractivity contribution in [3.05, 3.63) is 71.5 Å². The molecule has 2 aromatic carbocycles. The summed E-state index contributed by atoms with van der Waals surface area (Å²) >= 11 is 0. The normalized spacial score (nSPS) is 15.6. The van der Waals surface area contributed by atoms with E-state index in [2.05, 4.69) is 4.98 Å². The molecule has 2 aliphatic heterocycles. The van der Waals surface area contributed by atoms with Gasteiger partial charge in [0.1, 0.15) is 0 Å². The van der Waals surface area contributed by atoms with Crippen LogP contribution in [0.5, 0.6) is 0 Å². The number of nitrogens with zero attached hydrogens (tertiary/aromatic N) is 2. The fraction of sp³-hybridized carbons (Fsp3) is 0.217. The smallest absolute Gasteiger partial charge is 0.312 e. The molecule has 0 spiro atoms. The zero-order chi connectivity index (χ0) is 20.2. The molecule has 3 aromatic rings. The van der Waals surface area contributed by atoms with Crippen molar-refractivity contribution >= 4 is 11.6 Å². The van der Waals surface area contributed by atoms with Crippen molar-refractivity contribution < 1.29 is 18.0 Å². The van der Waals surface area contributed by atoms with Crippen molar-refractivity contribution in [3.63, 3.8) is 0 Å². The van der Waals surface area contributed by atoms with Crippen LogP contribution >= 0.6 is 0 Å². The van der Waals surface area contributed by atoms with Crippen molar-refractivity contribution in [1.29, 1.82) is 0 Å². The molecule has 2 aliphatic rings. The minimum absolute atomic E-state index is 0.119. The summed E-state index contributed by atoms with van der Waals surface area (Å²) in [6.45, 7) is 0.696. The minimum atomic E-state index is -4.43. The molecule has 1 amide bonds. The number of anilines is 1. The Hall–Kier alpha value is -3.15. The Labute approximate surface area is 165 Å². The molecule has 0 aliphatic carbocycles. The first-order chi connectivity index (χ1) is 13.9.